The van der Waals surface area contributed by atoms with Crippen molar-refractivity contribution in [3.63, 3.8) is 0 Å². The topological polar surface area (TPSA) is 46.9 Å². The summed E-state index contributed by atoms with van der Waals surface area (Å²) < 4.78 is 1.96. The van der Waals surface area contributed by atoms with Crippen LogP contribution in [0.25, 0.3) is 11.0 Å². The van der Waals surface area contributed by atoms with Crippen molar-refractivity contribution in [2.24, 2.45) is 0 Å². The summed E-state index contributed by atoms with van der Waals surface area (Å²) in [7, 11) is 0. The number of para-hydroxylation sites is 1. The fourth-order valence-electron chi connectivity index (χ4n) is 2.43. The van der Waals surface area contributed by atoms with Gasteiger partial charge in [0, 0.05) is 19.0 Å². The minimum Gasteiger partial charge on any atom is -0.353 e. The minimum atomic E-state index is -0.236. The molecule has 0 saturated heterocycles. The molecule has 4 nitrogen and oxygen atoms in total. The first-order valence-corrected chi connectivity index (χ1v) is 7.96. The predicted octanol–water partition coefficient (Wildman–Crippen LogP) is 3.66. The molecule has 6 heteroatoms. The molecule has 1 saturated carbocycles. The van der Waals surface area contributed by atoms with Crippen molar-refractivity contribution in [1.82, 2.24) is 14.9 Å². The highest BCUT2D eigenvalue weighted by molar-refractivity contribution is 6.35. The van der Waals surface area contributed by atoms with E-state index in [-0.39, 0.29) is 11.3 Å². The number of aromatic nitrogens is 2. The van der Waals surface area contributed by atoms with E-state index >= 15 is 0 Å². The van der Waals surface area contributed by atoms with E-state index in [4.69, 9.17) is 23.2 Å². The second-order valence-electron chi connectivity index (χ2n) is 5.44. The number of imidazole rings is 1. The molecule has 1 aromatic carbocycles. The highest BCUT2D eigenvalue weighted by Crippen LogP contribution is 2.29. The van der Waals surface area contributed by atoms with Gasteiger partial charge in [-0.25, -0.2) is 4.98 Å². The van der Waals surface area contributed by atoms with Crippen molar-refractivity contribution >= 4 is 40.1 Å². The van der Waals surface area contributed by atoms with Gasteiger partial charge in [0.1, 0.15) is 5.82 Å². The van der Waals surface area contributed by atoms with Crippen LogP contribution in [0, 0.1) is 0 Å². The van der Waals surface area contributed by atoms with Crippen molar-refractivity contribution < 1.29 is 4.79 Å². The van der Waals surface area contributed by atoms with Gasteiger partial charge in [0.25, 0.3) is 0 Å². The van der Waals surface area contributed by atoms with E-state index in [0.29, 0.717) is 24.0 Å². The predicted molar refractivity (Wildman–Crippen MR) is 84.8 cm³/mol. The number of nitrogens with zero attached hydrogens (tertiary/aromatic N) is 2. The molecule has 1 unspecified atom stereocenters. The quantitative estimate of drug-likeness (QED) is 0.853. The smallest absolute Gasteiger partial charge is 0.222 e. The summed E-state index contributed by atoms with van der Waals surface area (Å²) >= 11 is 12.5. The number of alkyl halides is 1. The third kappa shape index (κ3) is 3.16. The Kier molecular flexibility index (Phi) is 4.09. The number of rotatable bonds is 5. The number of hydrogen-bond acceptors (Lipinski definition) is 2. The van der Waals surface area contributed by atoms with E-state index < -0.39 is 0 Å². The number of halogens is 2. The molecule has 0 spiro atoms. The van der Waals surface area contributed by atoms with Gasteiger partial charge in [0.15, 0.2) is 0 Å². The van der Waals surface area contributed by atoms with Gasteiger partial charge in [-0.15, -0.1) is 11.6 Å². The first-order valence-electron chi connectivity index (χ1n) is 7.14. The first-order chi connectivity index (χ1) is 10.1. The lowest BCUT2D eigenvalue weighted by molar-refractivity contribution is -0.121. The molecule has 1 amide bonds. The molecule has 0 radical (unpaired) electrons. The molecule has 1 atom stereocenters. The van der Waals surface area contributed by atoms with E-state index in [1.54, 1.807) is 0 Å². The second kappa shape index (κ2) is 5.85. The number of nitrogens with one attached hydrogen (secondary N) is 1. The lowest BCUT2D eigenvalue weighted by Gasteiger charge is -2.11. The molecule has 1 aromatic heterocycles. The molecule has 0 bridgehead atoms. The summed E-state index contributed by atoms with van der Waals surface area (Å²) in [6.45, 7) is 2.41. The Morgan fingerprint density at radius 2 is 2.29 bits per heavy atom. The SMILES string of the molecule is CC(Cl)c1nc2cccc(Cl)c2n1CCC(=O)NC1CC1. The van der Waals surface area contributed by atoms with Gasteiger partial charge in [-0.3, -0.25) is 4.79 Å². The summed E-state index contributed by atoms with van der Waals surface area (Å²) in [6, 6.07) is 5.98. The van der Waals surface area contributed by atoms with Gasteiger partial charge in [0.2, 0.25) is 5.91 Å². The van der Waals surface area contributed by atoms with Gasteiger partial charge in [-0.1, -0.05) is 17.7 Å². The number of carbonyl (C=O) groups is 1. The molecule has 3 rings (SSSR count). The Balaban J connectivity index is 1.87. The Morgan fingerprint density at radius 3 is 2.95 bits per heavy atom. The average molecular weight is 326 g/mol. The maximum Gasteiger partial charge on any atom is 0.222 e. The Labute approximate surface area is 133 Å². The number of fused-ring (bicyclic) bond motifs is 1. The molecule has 1 N–H and O–H groups in total. The fraction of sp³-hybridized carbons (Fsp3) is 0.467. The number of carbonyl (C=O) groups excluding carboxylic acids is 1. The number of hydrogen-bond donors (Lipinski definition) is 1. The Morgan fingerprint density at radius 1 is 1.52 bits per heavy atom. The lowest BCUT2D eigenvalue weighted by atomic mass is 10.3. The van der Waals surface area contributed by atoms with E-state index in [1.165, 1.54) is 0 Å². The zero-order valence-corrected chi connectivity index (χ0v) is 13.3. The van der Waals surface area contributed by atoms with E-state index in [2.05, 4.69) is 10.3 Å². The number of amides is 1. The van der Waals surface area contributed by atoms with Gasteiger partial charge >= 0.3 is 0 Å². The number of benzene rings is 1. The zero-order chi connectivity index (χ0) is 15.0. The fourth-order valence-corrected chi connectivity index (χ4v) is 2.87. The van der Waals surface area contributed by atoms with Crippen LogP contribution in [0.4, 0.5) is 0 Å². The summed E-state index contributed by atoms with van der Waals surface area (Å²) in [5.74, 6) is 0.818. The van der Waals surface area contributed by atoms with Crippen LogP contribution in [0.15, 0.2) is 18.2 Å². The van der Waals surface area contributed by atoms with Gasteiger partial charge < -0.3 is 9.88 Å². The summed E-state index contributed by atoms with van der Waals surface area (Å²) in [4.78, 5) is 16.4. The van der Waals surface area contributed by atoms with Crippen molar-refractivity contribution in [2.45, 2.75) is 44.1 Å². The maximum atomic E-state index is 11.9. The summed E-state index contributed by atoms with van der Waals surface area (Å²) in [5, 5.41) is 3.38. The summed E-state index contributed by atoms with van der Waals surface area (Å²) in [5.41, 5.74) is 1.66. The molecule has 0 aliphatic heterocycles. The van der Waals surface area contributed by atoms with Crippen molar-refractivity contribution in [1.29, 1.82) is 0 Å². The van der Waals surface area contributed by atoms with Gasteiger partial charge in [-0.2, -0.15) is 0 Å². The highest BCUT2D eigenvalue weighted by atomic mass is 35.5. The van der Waals surface area contributed by atoms with Crippen molar-refractivity contribution in [3.05, 3.63) is 29.0 Å². The molecule has 1 heterocycles. The third-order valence-corrected chi connectivity index (χ3v) is 4.11. The van der Waals surface area contributed by atoms with Crippen molar-refractivity contribution in [3.8, 4) is 0 Å². The third-order valence-electron chi connectivity index (χ3n) is 3.61. The molecule has 1 aliphatic carbocycles. The minimum absolute atomic E-state index is 0.0691. The maximum absolute atomic E-state index is 11.9. The van der Waals surface area contributed by atoms with Crippen LogP contribution in [0.3, 0.4) is 0 Å². The van der Waals surface area contributed by atoms with Crippen LogP contribution in [-0.2, 0) is 11.3 Å². The first kappa shape index (κ1) is 14.7. The number of aryl methyl sites for hydroxylation is 1. The van der Waals surface area contributed by atoms with Gasteiger partial charge in [0.05, 0.1) is 21.4 Å². The Bertz CT molecular complexity index is 677. The van der Waals surface area contributed by atoms with E-state index in [1.807, 2.05) is 29.7 Å². The molecule has 1 fully saturated rings. The van der Waals surface area contributed by atoms with Gasteiger partial charge in [-0.05, 0) is 31.9 Å². The largest absolute Gasteiger partial charge is 0.353 e. The molecule has 1 aliphatic rings. The zero-order valence-electron chi connectivity index (χ0n) is 11.8. The Hall–Kier alpha value is -1.26. The van der Waals surface area contributed by atoms with Crippen LogP contribution >= 0.6 is 23.2 Å². The molecule has 2 aromatic rings. The van der Waals surface area contributed by atoms with Crippen LogP contribution < -0.4 is 5.32 Å². The van der Waals surface area contributed by atoms with E-state index in [9.17, 15) is 4.79 Å². The molecule has 21 heavy (non-hydrogen) atoms. The normalized spacial score (nSPS) is 16.1. The monoisotopic (exact) mass is 325 g/mol. The highest BCUT2D eigenvalue weighted by Gasteiger charge is 2.23. The lowest BCUT2D eigenvalue weighted by Crippen LogP contribution is -2.26. The van der Waals surface area contributed by atoms with E-state index in [0.717, 1.165) is 29.7 Å². The van der Waals surface area contributed by atoms with Crippen LogP contribution in [0.1, 0.15) is 37.4 Å². The second-order valence-corrected chi connectivity index (χ2v) is 6.50. The average Bonchev–Trinajstić information content (AvgIpc) is 3.15. The van der Waals surface area contributed by atoms with Crippen LogP contribution in [0.2, 0.25) is 5.02 Å². The summed E-state index contributed by atoms with van der Waals surface area (Å²) in [6.07, 6.45) is 2.59. The molecular formula is C15H17Cl2N3O. The molecule has 112 valence electrons. The van der Waals surface area contributed by atoms with Crippen LogP contribution in [0.5, 0.6) is 0 Å². The van der Waals surface area contributed by atoms with Crippen molar-refractivity contribution in [2.75, 3.05) is 0 Å². The molecular weight excluding hydrogens is 309 g/mol. The van der Waals surface area contributed by atoms with Crippen LogP contribution in [-0.4, -0.2) is 21.5 Å². The standard InChI is InChI=1S/C15H17Cl2N3O/c1-9(16)15-19-12-4-2-3-11(17)14(12)20(15)8-7-13(21)18-10-5-6-10/h2-4,9-10H,5-8H2,1H3,(H,18,21).